The van der Waals surface area contributed by atoms with Crippen molar-refractivity contribution in [2.75, 3.05) is 39.3 Å². The van der Waals surface area contributed by atoms with Crippen LogP contribution in [0, 0.1) is 5.92 Å². The Morgan fingerprint density at radius 1 is 1.36 bits per heavy atom. The normalized spacial score (nSPS) is 23.4. The third-order valence-corrected chi connectivity index (χ3v) is 3.08. The molecule has 0 saturated carbocycles. The molecule has 4 heteroatoms. The molecule has 0 spiro atoms. The fourth-order valence-electron chi connectivity index (χ4n) is 1.96. The van der Waals surface area contributed by atoms with Crippen LogP contribution in [0.25, 0.3) is 0 Å². The quantitative estimate of drug-likeness (QED) is 0.633. The van der Waals surface area contributed by atoms with Gasteiger partial charge in [0.15, 0.2) is 0 Å². The molecule has 2 heterocycles. The summed E-state index contributed by atoms with van der Waals surface area (Å²) < 4.78 is 0. The highest BCUT2D eigenvalue weighted by molar-refractivity contribution is 5.79. The van der Waals surface area contributed by atoms with Gasteiger partial charge in [-0.25, -0.2) is 0 Å². The van der Waals surface area contributed by atoms with Gasteiger partial charge in [0.25, 0.3) is 0 Å². The third kappa shape index (κ3) is 2.45. The molecule has 2 aliphatic heterocycles. The van der Waals surface area contributed by atoms with E-state index < -0.39 is 0 Å². The van der Waals surface area contributed by atoms with Gasteiger partial charge in [-0.1, -0.05) is 0 Å². The molecule has 2 fully saturated rings. The minimum atomic E-state index is 0.225. The molecule has 2 rings (SSSR count). The molecule has 0 atom stereocenters. The topological polar surface area (TPSA) is 44.4 Å². The molecule has 2 aliphatic rings. The smallest absolute Gasteiger partial charge is 0.225 e. The van der Waals surface area contributed by atoms with Crippen LogP contribution in [0.3, 0.4) is 0 Å². The summed E-state index contributed by atoms with van der Waals surface area (Å²) in [5.74, 6) is 0.455. The predicted molar refractivity (Wildman–Crippen MR) is 55.0 cm³/mol. The van der Waals surface area contributed by atoms with Crippen LogP contribution in [0.1, 0.15) is 12.8 Å². The number of carbonyl (C=O) groups is 1. The van der Waals surface area contributed by atoms with E-state index >= 15 is 0 Å². The average Bonchev–Trinajstić information content (AvgIpc) is 2.53. The fourth-order valence-corrected chi connectivity index (χ4v) is 1.96. The highest BCUT2D eigenvalue weighted by Gasteiger charge is 2.24. The van der Waals surface area contributed by atoms with Crippen molar-refractivity contribution in [1.29, 1.82) is 0 Å². The molecule has 0 aliphatic carbocycles. The number of nitrogens with zero attached hydrogens (tertiary/aromatic N) is 1. The van der Waals surface area contributed by atoms with E-state index in [1.807, 2.05) is 0 Å². The average molecular weight is 197 g/mol. The maximum Gasteiger partial charge on any atom is 0.225 e. The summed E-state index contributed by atoms with van der Waals surface area (Å²) in [5.41, 5.74) is 0. The van der Waals surface area contributed by atoms with E-state index in [0.29, 0.717) is 0 Å². The van der Waals surface area contributed by atoms with Gasteiger partial charge in [0, 0.05) is 26.2 Å². The first-order valence-electron chi connectivity index (χ1n) is 5.57. The van der Waals surface area contributed by atoms with Gasteiger partial charge in [-0.2, -0.15) is 0 Å². The minimum absolute atomic E-state index is 0.225. The van der Waals surface area contributed by atoms with Gasteiger partial charge in [-0.15, -0.1) is 0 Å². The first kappa shape index (κ1) is 9.93. The SMILES string of the molecule is O=C(NCCN1CCCC1)C1CNC1. The van der Waals surface area contributed by atoms with Crippen molar-refractivity contribution < 1.29 is 4.79 Å². The lowest BCUT2D eigenvalue weighted by Crippen LogP contribution is -2.51. The molecule has 2 N–H and O–H groups in total. The highest BCUT2D eigenvalue weighted by atomic mass is 16.2. The number of rotatable bonds is 4. The molecule has 0 aromatic carbocycles. The Kier molecular flexibility index (Phi) is 3.37. The van der Waals surface area contributed by atoms with Gasteiger partial charge in [-0.3, -0.25) is 4.79 Å². The van der Waals surface area contributed by atoms with Crippen molar-refractivity contribution in [3.63, 3.8) is 0 Å². The first-order chi connectivity index (χ1) is 6.86. The zero-order valence-electron chi connectivity index (χ0n) is 8.59. The Bertz CT molecular complexity index is 198. The van der Waals surface area contributed by atoms with Gasteiger partial charge >= 0.3 is 0 Å². The van der Waals surface area contributed by atoms with Crippen LogP contribution < -0.4 is 10.6 Å². The summed E-state index contributed by atoms with van der Waals surface area (Å²) >= 11 is 0. The van der Waals surface area contributed by atoms with Gasteiger partial charge < -0.3 is 15.5 Å². The maximum atomic E-state index is 11.4. The second-order valence-electron chi connectivity index (χ2n) is 4.19. The highest BCUT2D eigenvalue weighted by Crippen LogP contribution is 2.06. The van der Waals surface area contributed by atoms with Crippen LogP contribution in [0.15, 0.2) is 0 Å². The van der Waals surface area contributed by atoms with Crippen LogP contribution in [0.2, 0.25) is 0 Å². The molecule has 2 saturated heterocycles. The largest absolute Gasteiger partial charge is 0.354 e. The van der Waals surface area contributed by atoms with E-state index in [4.69, 9.17) is 0 Å². The van der Waals surface area contributed by atoms with E-state index in [9.17, 15) is 4.79 Å². The Morgan fingerprint density at radius 3 is 2.64 bits per heavy atom. The maximum absolute atomic E-state index is 11.4. The standard InChI is InChI=1S/C10H19N3O/c14-10(9-7-11-8-9)12-3-6-13-4-1-2-5-13/h9,11H,1-8H2,(H,12,14). The van der Waals surface area contributed by atoms with Gasteiger partial charge in [0.2, 0.25) is 5.91 Å². The number of carbonyl (C=O) groups excluding carboxylic acids is 1. The second kappa shape index (κ2) is 4.75. The van der Waals surface area contributed by atoms with E-state index in [1.165, 1.54) is 25.9 Å². The fraction of sp³-hybridized carbons (Fsp3) is 0.900. The summed E-state index contributed by atoms with van der Waals surface area (Å²) in [4.78, 5) is 13.8. The van der Waals surface area contributed by atoms with E-state index in [0.717, 1.165) is 26.2 Å². The van der Waals surface area contributed by atoms with Crippen LogP contribution in [-0.4, -0.2) is 50.1 Å². The van der Waals surface area contributed by atoms with Crippen LogP contribution >= 0.6 is 0 Å². The Labute approximate surface area is 85.0 Å². The molecular formula is C10H19N3O. The number of nitrogens with one attached hydrogen (secondary N) is 2. The lowest BCUT2D eigenvalue weighted by atomic mass is 10.0. The van der Waals surface area contributed by atoms with Crippen LogP contribution in [0.5, 0.6) is 0 Å². The zero-order chi connectivity index (χ0) is 9.80. The summed E-state index contributed by atoms with van der Waals surface area (Å²) in [6.07, 6.45) is 2.64. The van der Waals surface area contributed by atoms with E-state index in [-0.39, 0.29) is 11.8 Å². The van der Waals surface area contributed by atoms with Gasteiger partial charge in [0.05, 0.1) is 5.92 Å². The van der Waals surface area contributed by atoms with Crippen LogP contribution in [0.4, 0.5) is 0 Å². The van der Waals surface area contributed by atoms with E-state index in [2.05, 4.69) is 15.5 Å². The lowest BCUT2D eigenvalue weighted by molar-refractivity contribution is -0.126. The predicted octanol–water partition coefficient (Wildman–Crippen LogP) is -0.582. The molecule has 4 nitrogen and oxygen atoms in total. The Balaban J connectivity index is 1.55. The molecule has 0 aromatic heterocycles. The van der Waals surface area contributed by atoms with Crippen LogP contribution in [-0.2, 0) is 4.79 Å². The zero-order valence-corrected chi connectivity index (χ0v) is 8.59. The Hall–Kier alpha value is -0.610. The first-order valence-corrected chi connectivity index (χ1v) is 5.57. The number of hydrogen-bond donors (Lipinski definition) is 2. The molecule has 0 aromatic rings. The number of hydrogen-bond acceptors (Lipinski definition) is 3. The molecule has 14 heavy (non-hydrogen) atoms. The summed E-state index contributed by atoms with van der Waals surface area (Å²) in [6.45, 7) is 5.97. The summed E-state index contributed by atoms with van der Waals surface area (Å²) in [7, 11) is 0. The van der Waals surface area contributed by atoms with Crippen molar-refractivity contribution in [2.24, 2.45) is 5.92 Å². The molecule has 0 radical (unpaired) electrons. The van der Waals surface area contributed by atoms with Crippen molar-refractivity contribution in [2.45, 2.75) is 12.8 Å². The Morgan fingerprint density at radius 2 is 2.07 bits per heavy atom. The van der Waals surface area contributed by atoms with Crippen molar-refractivity contribution in [3.05, 3.63) is 0 Å². The summed E-state index contributed by atoms with van der Waals surface area (Å²) in [5, 5.41) is 6.09. The number of likely N-dealkylation sites (tertiary alicyclic amines) is 1. The molecule has 80 valence electrons. The molecule has 0 bridgehead atoms. The lowest BCUT2D eigenvalue weighted by Gasteiger charge is -2.26. The minimum Gasteiger partial charge on any atom is -0.354 e. The van der Waals surface area contributed by atoms with E-state index in [1.54, 1.807) is 0 Å². The third-order valence-electron chi connectivity index (χ3n) is 3.08. The van der Waals surface area contributed by atoms with Gasteiger partial charge in [-0.05, 0) is 25.9 Å². The van der Waals surface area contributed by atoms with Crippen molar-refractivity contribution in [1.82, 2.24) is 15.5 Å². The summed E-state index contributed by atoms with van der Waals surface area (Å²) in [6, 6.07) is 0. The molecular weight excluding hydrogens is 178 g/mol. The number of amides is 1. The molecule has 0 unspecified atom stereocenters. The van der Waals surface area contributed by atoms with Crippen molar-refractivity contribution >= 4 is 5.91 Å². The second-order valence-corrected chi connectivity index (χ2v) is 4.19. The van der Waals surface area contributed by atoms with Gasteiger partial charge in [0.1, 0.15) is 0 Å². The molecule has 1 amide bonds. The monoisotopic (exact) mass is 197 g/mol. The van der Waals surface area contributed by atoms with Crippen molar-refractivity contribution in [3.8, 4) is 0 Å².